The van der Waals surface area contributed by atoms with Crippen LogP contribution in [0.4, 0.5) is 0 Å². The number of rotatable bonds is 2. The summed E-state index contributed by atoms with van der Waals surface area (Å²) in [6.07, 6.45) is 3.19. The minimum atomic E-state index is -0.0412. The Balaban J connectivity index is 2.01. The normalized spacial score (nSPS) is 26.9. The van der Waals surface area contributed by atoms with Crippen molar-refractivity contribution in [2.45, 2.75) is 32.3 Å². The van der Waals surface area contributed by atoms with E-state index in [1.165, 1.54) is 17.5 Å². The average Bonchev–Trinajstić information content (AvgIpc) is 2.12. The van der Waals surface area contributed by atoms with Gasteiger partial charge < -0.3 is 5.11 Å². The van der Waals surface area contributed by atoms with Crippen molar-refractivity contribution in [3.63, 3.8) is 0 Å². The van der Waals surface area contributed by atoms with Gasteiger partial charge in [-0.1, -0.05) is 29.8 Å². The summed E-state index contributed by atoms with van der Waals surface area (Å²) in [4.78, 5) is 0. The summed E-state index contributed by atoms with van der Waals surface area (Å²) in [6.45, 7) is 2.11. The van der Waals surface area contributed by atoms with Crippen LogP contribution < -0.4 is 0 Å². The van der Waals surface area contributed by atoms with Crippen LogP contribution in [0.5, 0.6) is 0 Å². The van der Waals surface area contributed by atoms with Crippen molar-refractivity contribution < 1.29 is 5.11 Å². The third-order valence-electron chi connectivity index (χ3n) is 2.96. The summed E-state index contributed by atoms with van der Waals surface area (Å²) in [6, 6.07) is 8.57. The molecule has 0 radical (unpaired) electrons. The fraction of sp³-hybridized carbons (Fsp3) is 0.500. The van der Waals surface area contributed by atoms with E-state index in [2.05, 4.69) is 31.2 Å². The number of hydrogen-bond acceptors (Lipinski definition) is 1. The number of benzene rings is 1. The molecule has 0 spiro atoms. The Bertz CT molecular complexity index is 293. The zero-order valence-corrected chi connectivity index (χ0v) is 8.03. The standard InChI is InChI=1S/C12H16O/c1-9-3-2-4-10(7-9)8-11-5-6-12(11)13/h2-4,7,11-13H,5-6,8H2,1H3. The molecule has 1 N–H and O–H groups in total. The maximum Gasteiger partial charge on any atom is 0.0571 e. The zero-order valence-electron chi connectivity index (χ0n) is 8.03. The highest BCUT2D eigenvalue weighted by Crippen LogP contribution is 2.30. The lowest BCUT2D eigenvalue weighted by atomic mass is 9.78. The van der Waals surface area contributed by atoms with Gasteiger partial charge in [-0.3, -0.25) is 0 Å². The van der Waals surface area contributed by atoms with Gasteiger partial charge in [0.05, 0.1) is 6.10 Å². The summed E-state index contributed by atoms with van der Waals surface area (Å²) in [7, 11) is 0. The van der Waals surface area contributed by atoms with Crippen LogP contribution in [0.3, 0.4) is 0 Å². The highest BCUT2D eigenvalue weighted by molar-refractivity contribution is 5.23. The van der Waals surface area contributed by atoms with Gasteiger partial charge in [0, 0.05) is 0 Å². The molecule has 70 valence electrons. The van der Waals surface area contributed by atoms with Crippen LogP contribution in [0.2, 0.25) is 0 Å². The van der Waals surface area contributed by atoms with Crippen LogP contribution in [0.1, 0.15) is 24.0 Å². The van der Waals surface area contributed by atoms with Crippen molar-refractivity contribution in [2.24, 2.45) is 5.92 Å². The van der Waals surface area contributed by atoms with Crippen molar-refractivity contribution >= 4 is 0 Å². The second kappa shape index (κ2) is 3.51. The summed E-state index contributed by atoms with van der Waals surface area (Å²) in [5, 5.41) is 9.44. The van der Waals surface area contributed by atoms with Gasteiger partial charge in [0.15, 0.2) is 0 Å². The second-order valence-corrected chi connectivity index (χ2v) is 4.10. The number of aliphatic hydroxyl groups is 1. The third-order valence-corrected chi connectivity index (χ3v) is 2.96. The van der Waals surface area contributed by atoms with Gasteiger partial charge in [-0.05, 0) is 37.7 Å². The molecule has 1 aliphatic carbocycles. The predicted molar refractivity (Wildman–Crippen MR) is 53.6 cm³/mol. The van der Waals surface area contributed by atoms with Crippen LogP contribution in [-0.4, -0.2) is 11.2 Å². The lowest BCUT2D eigenvalue weighted by Crippen LogP contribution is -2.32. The molecule has 1 aromatic carbocycles. The summed E-state index contributed by atoms with van der Waals surface area (Å²) in [5.74, 6) is 0.516. The summed E-state index contributed by atoms with van der Waals surface area (Å²) >= 11 is 0. The Morgan fingerprint density at radius 2 is 2.23 bits per heavy atom. The van der Waals surface area contributed by atoms with E-state index < -0.39 is 0 Å². The molecule has 0 heterocycles. The SMILES string of the molecule is Cc1cccc(CC2CCC2O)c1. The first-order valence-electron chi connectivity index (χ1n) is 4.99. The lowest BCUT2D eigenvalue weighted by Gasteiger charge is -2.32. The van der Waals surface area contributed by atoms with Crippen molar-refractivity contribution in [1.82, 2.24) is 0 Å². The molecule has 2 unspecified atom stereocenters. The van der Waals surface area contributed by atoms with E-state index in [1.807, 2.05) is 0 Å². The van der Waals surface area contributed by atoms with Gasteiger partial charge in [-0.25, -0.2) is 0 Å². The molecule has 1 aliphatic rings. The van der Waals surface area contributed by atoms with Crippen LogP contribution in [0.25, 0.3) is 0 Å². The predicted octanol–water partition coefficient (Wildman–Crippen LogP) is 2.31. The van der Waals surface area contributed by atoms with E-state index in [9.17, 15) is 5.11 Å². The molecule has 1 nitrogen and oxygen atoms in total. The Morgan fingerprint density at radius 3 is 2.77 bits per heavy atom. The van der Waals surface area contributed by atoms with Gasteiger partial charge in [-0.15, -0.1) is 0 Å². The Hall–Kier alpha value is -0.820. The Labute approximate surface area is 79.4 Å². The van der Waals surface area contributed by atoms with E-state index >= 15 is 0 Å². The highest BCUT2D eigenvalue weighted by Gasteiger charge is 2.28. The van der Waals surface area contributed by atoms with Crippen LogP contribution in [0.15, 0.2) is 24.3 Å². The quantitative estimate of drug-likeness (QED) is 0.733. The molecular weight excluding hydrogens is 160 g/mol. The van der Waals surface area contributed by atoms with Crippen LogP contribution in [0, 0.1) is 12.8 Å². The summed E-state index contributed by atoms with van der Waals surface area (Å²) in [5.41, 5.74) is 2.68. The molecule has 2 atom stereocenters. The van der Waals surface area contributed by atoms with Crippen molar-refractivity contribution in [1.29, 1.82) is 0 Å². The molecule has 0 bridgehead atoms. The minimum absolute atomic E-state index is 0.0412. The van der Waals surface area contributed by atoms with E-state index in [0.29, 0.717) is 5.92 Å². The smallest absolute Gasteiger partial charge is 0.0571 e. The van der Waals surface area contributed by atoms with Crippen molar-refractivity contribution in [2.75, 3.05) is 0 Å². The monoisotopic (exact) mass is 176 g/mol. The largest absolute Gasteiger partial charge is 0.393 e. The van der Waals surface area contributed by atoms with E-state index in [0.717, 1.165) is 12.8 Å². The molecule has 1 heteroatoms. The molecule has 0 aliphatic heterocycles. The van der Waals surface area contributed by atoms with Crippen LogP contribution in [-0.2, 0) is 6.42 Å². The van der Waals surface area contributed by atoms with Gasteiger partial charge in [0.2, 0.25) is 0 Å². The first-order valence-corrected chi connectivity index (χ1v) is 4.99. The maximum absolute atomic E-state index is 9.44. The Morgan fingerprint density at radius 1 is 1.38 bits per heavy atom. The molecule has 1 saturated carbocycles. The van der Waals surface area contributed by atoms with Gasteiger partial charge in [0.1, 0.15) is 0 Å². The van der Waals surface area contributed by atoms with Gasteiger partial charge in [0.25, 0.3) is 0 Å². The van der Waals surface area contributed by atoms with Crippen molar-refractivity contribution in [3.05, 3.63) is 35.4 Å². The molecule has 1 aromatic rings. The maximum atomic E-state index is 9.44. The molecule has 0 saturated heterocycles. The lowest BCUT2D eigenvalue weighted by molar-refractivity contribution is 0.0244. The molecule has 0 amide bonds. The molecule has 2 rings (SSSR count). The molecular formula is C12H16O. The van der Waals surface area contributed by atoms with E-state index in [1.54, 1.807) is 0 Å². The minimum Gasteiger partial charge on any atom is -0.393 e. The first-order chi connectivity index (χ1) is 6.25. The Kier molecular flexibility index (Phi) is 2.36. The number of aryl methyl sites for hydroxylation is 1. The number of hydrogen-bond donors (Lipinski definition) is 1. The summed E-state index contributed by atoms with van der Waals surface area (Å²) < 4.78 is 0. The van der Waals surface area contributed by atoms with E-state index in [4.69, 9.17) is 0 Å². The molecule has 13 heavy (non-hydrogen) atoms. The topological polar surface area (TPSA) is 20.2 Å². The fourth-order valence-corrected chi connectivity index (χ4v) is 1.93. The molecule has 0 aromatic heterocycles. The first kappa shape index (κ1) is 8.76. The zero-order chi connectivity index (χ0) is 9.26. The van der Waals surface area contributed by atoms with Gasteiger partial charge >= 0.3 is 0 Å². The second-order valence-electron chi connectivity index (χ2n) is 4.10. The van der Waals surface area contributed by atoms with Crippen molar-refractivity contribution in [3.8, 4) is 0 Å². The number of aliphatic hydroxyl groups excluding tert-OH is 1. The average molecular weight is 176 g/mol. The highest BCUT2D eigenvalue weighted by atomic mass is 16.3. The van der Waals surface area contributed by atoms with Gasteiger partial charge in [-0.2, -0.15) is 0 Å². The van der Waals surface area contributed by atoms with E-state index in [-0.39, 0.29) is 6.10 Å². The molecule has 1 fully saturated rings. The van der Waals surface area contributed by atoms with Crippen LogP contribution >= 0.6 is 0 Å². The third kappa shape index (κ3) is 1.92. The fourth-order valence-electron chi connectivity index (χ4n) is 1.93.